The molecule has 0 unspecified atom stereocenters. The van der Waals surface area contributed by atoms with Crippen LogP contribution in [-0.4, -0.2) is 23.0 Å². The van der Waals surface area contributed by atoms with E-state index in [1.807, 2.05) is 42.5 Å². The first kappa shape index (κ1) is 16.1. The quantitative estimate of drug-likeness (QED) is 0.708. The van der Waals surface area contributed by atoms with Gasteiger partial charge in [-0.15, -0.1) is 0 Å². The molecule has 2 aromatic carbocycles. The first-order chi connectivity index (χ1) is 11.7. The highest BCUT2D eigenvalue weighted by molar-refractivity contribution is 5.93. The van der Waals surface area contributed by atoms with Crippen LogP contribution in [0.4, 0.5) is 5.69 Å². The summed E-state index contributed by atoms with van der Waals surface area (Å²) in [6.07, 6.45) is 2.37. The van der Waals surface area contributed by atoms with Gasteiger partial charge in [-0.25, -0.2) is 4.98 Å². The largest absolute Gasteiger partial charge is 0.495 e. The number of anilines is 1. The number of carbonyl (C=O) groups excluding carboxylic acids is 1. The van der Waals surface area contributed by atoms with E-state index in [9.17, 15) is 4.79 Å². The Labute approximate surface area is 141 Å². The molecule has 124 valence electrons. The number of methoxy groups -OCH3 is 1. The molecule has 3 rings (SSSR count). The van der Waals surface area contributed by atoms with Gasteiger partial charge in [-0.3, -0.25) is 4.79 Å². The van der Waals surface area contributed by atoms with Gasteiger partial charge in [-0.05, 0) is 36.8 Å². The fourth-order valence-corrected chi connectivity index (χ4v) is 2.59. The number of para-hydroxylation sites is 2. The third kappa shape index (κ3) is 3.40. The van der Waals surface area contributed by atoms with Gasteiger partial charge >= 0.3 is 0 Å². The molecule has 0 saturated carbocycles. The normalized spacial score (nSPS) is 10.8. The number of aromatic amines is 1. The molecule has 0 saturated heterocycles. The second kappa shape index (κ2) is 7.17. The van der Waals surface area contributed by atoms with Crippen molar-refractivity contribution in [3.8, 4) is 17.1 Å². The Morgan fingerprint density at radius 2 is 2.08 bits per heavy atom. The maximum atomic E-state index is 12.0. The van der Waals surface area contributed by atoms with Gasteiger partial charge in [0.25, 0.3) is 0 Å². The van der Waals surface area contributed by atoms with E-state index in [1.165, 1.54) is 0 Å². The number of H-pyrrole nitrogens is 1. The number of rotatable bonds is 6. The SMILES string of the molecule is CCCCC(=O)Nc1cc(-c2nc3ccccc3[nH]2)ccc1OC. The van der Waals surface area contributed by atoms with E-state index in [2.05, 4.69) is 22.2 Å². The number of amides is 1. The van der Waals surface area contributed by atoms with E-state index in [0.717, 1.165) is 35.3 Å². The third-order valence-electron chi connectivity index (χ3n) is 3.89. The summed E-state index contributed by atoms with van der Waals surface area (Å²) in [5, 5.41) is 2.93. The molecule has 0 aliphatic heterocycles. The Bertz CT molecular complexity index is 822. The van der Waals surface area contributed by atoms with Crippen LogP contribution >= 0.6 is 0 Å². The molecule has 0 aliphatic rings. The van der Waals surface area contributed by atoms with Crippen molar-refractivity contribution in [1.29, 1.82) is 0 Å². The highest BCUT2D eigenvalue weighted by Crippen LogP contribution is 2.30. The van der Waals surface area contributed by atoms with Crippen molar-refractivity contribution >= 4 is 22.6 Å². The van der Waals surface area contributed by atoms with Crippen molar-refractivity contribution in [3.05, 3.63) is 42.5 Å². The molecule has 1 heterocycles. The van der Waals surface area contributed by atoms with Gasteiger partial charge in [0.2, 0.25) is 5.91 Å². The standard InChI is InChI=1S/C19H21N3O2/c1-3-4-9-18(23)20-16-12-13(10-11-17(16)24-2)19-21-14-7-5-6-8-15(14)22-19/h5-8,10-12H,3-4,9H2,1-2H3,(H,20,23)(H,21,22). The highest BCUT2D eigenvalue weighted by Gasteiger charge is 2.11. The van der Waals surface area contributed by atoms with Crippen LogP contribution in [0.1, 0.15) is 26.2 Å². The molecule has 0 atom stereocenters. The van der Waals surface area contributed by atoms with Gasteiger partial charge < -0.3 is 15.0 Å². The molecular formula is C19H21N3O2. The molecule has 2 N–H and O–H groups in total. The smallest absolute Gasteiger partial charge is 0.224 e. The van der Waals surface area contributed by atoms with Gasteiger partial charge in [0.15, 0.2) is 0 Å². The molecular weight excluding hydrogens is 302 g/mol. The average Bonchev–Trinajstić information content (AvgIpc) is 3.04. The summed E-state index contributed by atoms with van der Waals surface area (Å²) in [6.45, 7) is 2.07. The lowest BCUT2D eigenvalue weighted by atomic mass is 10.1. The van der Waals surface area contributed by atoms with Crippen molar-refractivity contribution in [2.24, 2.45) is 0 Å². The minimum atomic E-state index is -0.00286. The predicted octanol–water partition coefficient (Wildman–Crippen LogP) is 4.37. The topological polar surface area (TPSA) is 67.0 Å². The molecule has 0 radical (unpaired) electrons. The summed E-state index contributed by atoms with van der Waals surface area (Å²) in [5.41, 5.74) is 3.46. The van der Waals surface area contributed by atoms with Gasteiger partial charge in [-0.2, -0.15) is 0 Å². The van der Waals surface area contributed by atoms with E-state index < -0.39 is 0 Å². The summed E-state index contributed by atoms with van der Waals surface area (Å²) < 4.78 is 5.36. The summed E-state index contributed by atoms with van der Waals surface area (Å²) in [4.78, 5) is 19.9. The first-order valence-corrected chi connectivity index (χ1v) is 8.14. The van der Waals surface area contributed by atoms with Gasteiger partial charge in [-0.1, -0.05) is 25.5 Å². The Morgan fingerprint density at radius 3 is 2.83 bits per heavy atom. The lowest BCUT2D eigenvalue weighted by Crippen LogP contribution is -2.12. The maximum absolute atomic E-state index is 12.0. The zero-order valence-electron chi connectivity index (χ0n) is 13.9. The van der Waals surface area contributed by atoms with Gasteiger partial charge in [0.1, 0.15) is 11.6 Å². The van der Waals surface area contributed by atoms with Crippen molar-refractivity contribution in [2.75, 3.05) is 12.4 Å². The zero-order chi connectivity index (χ0) is 16.9. The van der Waals surface area contributed by atoms with Crippen LogP contribution in [0.25, 0.3) is 22.4 Å². The monoisotopic (exact) mass is 323 g/mol. The molecule has 0 spiro atoms. The molecule has 0 fully saturated rings. The summed E-state index contributed by atoms with van der Waals surface area (Å²) in [6, 6.07) is 13.5. The van der Waals surface area contributed by atoms with Crippen molar-refractivity contribution in [3.63, 3.8) is 0 Å². The number of fused-ring (bicyclic) bond motifs is 1. The third-order valence-corrected chi connectivity index (χ3v) is 3.89. The number of ether oxygens (including phenoxy) is 1. The minimum Gasteiger partial charge on any atom is -0.495 e. The highest BCUT2D eigenvalue weighted by atomic mass is 16.5. The number of nitrogens with one attached hydrogen (secondary N) is 2. The number of carbonyl (C=O) groups is 1. The van der Waals surface area contributed by atoms with Crippen LogP contribution in [0.5, 0.6) is 5.75 Å². The lowest BCUT2D eigenvalue weighted by molar-refractivity contribution is -0.116. The van der Waals surface area contributed by atoms with E-state index in [-0.39, 0.29) is 5.91 Å². The molecule has 1 aromatic heterocycles. The van der Waals surface area contributed by atoms with E-state index >= 15 is 0 Å². The Balaban J connectivity index is 1.91. The molecule has 5 nitrogen and oxygen atoms in total. The van der Waals surface area contributed by atoms with Crippen LogP contribution in [0.2, 0.25) is 0 Å². The zero-order valence-corrected chi connectivity index (χ0v) is 13.9. The number of aromatic nitrogens is 2. The number of nitrogens with zero attached hydrogens (tertiary/aromatic N) is 1. The maximum Gasteiger partial charge on any atom is 0.224 e. The second-order valence-electron chi connectivity index (χ2n) is 5.67. The van der Waals surface area contributed by atoms with Crippen molar-refractivity contribution in [1.82, 2.24) is 9.97 Å². The number of unbranched alkanes of at least 4 members (excludes halogenated alkanes) is 1. The molecule has 24 heavy (non-hydrogen) atoms. The summed E-state index contributed by atoms with van der Waals surface area (Å²) in [5.74, 6) is 1.40. The Morgan fingerprint density at radius 1 is 1.25 bits per heavy atom. The number of benzene rings is 2. The van der Waals surface area contributed by atoms with Crippen LogP contribution in [0.3, 0.4) is 0 Å². The van der Waals surface area contributed by atoms with Crippen LogP contribution in [0, 0.1) is 0 Å². The lowest BCUT2D eigenvalue weighted by Gasteiger charge is -2.11. The summed E-state index contributed by atoms with van der Waals surface area (Å²) in [7, 11) is 1.60. The van der Waals surface area contributed by atoms with Crippen molar-refractivity contribution < 1.29 is 9.53 Å². The van der Waals surface area contributed by atoms with E-state index in [1.54, 1.807) is 7.11 Å². The van der Waals surface area contributed by atoms with Crippen molar-refractivity contribution in [2.45, 2.75) is 26.2 Å². The minimum absolute atomic E-state index is 0.00286. The average molecular weight is 323 g/mol. The fourth-order valence-electron chi connectivity index (χ4n) is 2.59. The van der Waals surface area contributed by atoms with Crippen LogP contribution in [-0.2, 0) is 4.79 Å². The second-order valence-corrected chi connectivity index (χ2v) is 5.67. The summed E-state index contributed by atoms with van der Waals surface area (Å²) >= 11 is 0. The molecule has 5 heteroatoms. The molecule has 1 amide bonds. The fraction of sp³-hybridized carbons (Fsp3) is 0.263. The van der Waals surface area contributed by atoms with Gasteiger partial charge in [0.05, 0.1) is 23.8 Å². The molecule has 0 bridgehead atoms. The Hall–Kier alpha value is -2.82. The number of imidazole rings is 1. The number of hydrogen-bond donors (Lipinski definition) is 2. The van der Waals surface area contributed by atoms with Crippen LogP contribution in [0.15, 0.2) is 42.5 Å². The predicted molar refractivity (Wildman–Crippen MR) is 96.2 cm³/mol. The van der Waals surface area contributed by atoms with Crippen LogP contribution < -0.4 is 10.1 Å². The van der Waals surface area contributed by atoms with E-state index in [0.29, 0.717) is 17.9 Å². The molecule has 0 aliphatic carbocycles. The van der Waals surface area contributed by atoms with Gasteiger partial charge in [0, 0.05) is 12.0 Å². The Kier molecular flexibility index (Phi) is 4.79. The van der Waals surface area contributed by atoms with E-state index in [4.69, 9.17) is 4.74 Å². The first-order valence-electron chi connectivity index (χ1n) is 8.14. The molecule has 3 aromatic rings. The number of hydrogen-bond acceptors (Lipinski definition) is 3.